The maximum absolute atomic E-state index is 5.28. The zero-order chi connectivity index (χ0) is 11.1. The lowest BCUT2D eigenvalue weighted by molar-refractivity contribution is 0.308. The first kappa shape index (κ1) is 12.8. The summed E-state index contributed by atoms with van der Waals surface area (Å²) in [6, 6.07) is 0.598. The smallest absolute Gasteiger partial charge is 0.166 e. The van der Waals surface area contributed by atoms with Gasteiger partial charge in [0.1, 0.15) is 0 Å². The number of hydrogen-bond acceptors (Lipinski definition) is 1. The van der Waals surface area contributed by atoms with Gasteiger partial charge in [0.2, 0.25) is 0 Å². The SMILES string of the molecule is CCCCNC(=S)NC1CCCCC1C. The normalized spacial score (nSPS) is 26.0. The third-order valence-corrected chi connectivity index (χ3v) is 3.51. The van der Waals surface area contributed by atoms with E-state index in [0.29, 0.717) is 6.04 Å². The minimum absolute atomic E-state index is 0.598. The Balaban J connectivity index is 2.18. The molecule has 0 heterocycles. The van der Waals surface area contributed by atoms with Crippen LogP contribution in [0.15, 0.2) is 0 Å². The van der Waals surface area contributed by atoms with E-state index in [1.54, 1.807) is 0 Å². The molecule has 0 radical (unpaired) electrons. The van der Waals surface area contributed by atoms with E-state index in [1.165, 1.54) is 38.5 Å². The molecular weight excluding hydrogens is 204 g/mol. The van der Waals surface area contributed by atoms with Gasteiger partial charge in [-0.2, -0.15) is 0 Å². The Morgan fingerprint density at radius 1 is 1.33 bits per heavy atom. The molecule has 0 amide bonds. The summed E-state index contributed by atoms with van der Waals surface area (Å²) >= 11 is 5.28. The van der Waals surface area contributed by atoms with Crippen molar-refractivity contribution in [1.82, 2.24) is 10.6 Å². The predicted molar refractivity (Wildman–Crippen MR) is 70.1 cm³/mol. The molecule has 1 fully saturated rings. The Morgan fingerprint density at radius 3 is 2.73 bits per heavy atom. The van der Waals surface area contributed by atoms with Gasteiger partial charge in [0.25, 0.3) is 0 Å². The molecule has 2 nitrogen and oxygen atoms in total. The van der Waals surface area contributed by atoms with Gasteiger partial charge in [-0.1, -0.05) is 33.1 Å². The maximum atomic E-state index is 5.28. The molecule has 0 aliphatic heterocycles. The zero-order valence-electron chi connectivity index (χ0n) is 10.0. The van der Waals surface area contributed by atoms with Gasteiger partial charge in [0, 0.05) is 12.6 Å². The van der Waals surface area contributed by atoms with Crippen molar-refractivity contribution < 1.29 is 0 Å². The predicted octanol–water partition coefficient (Wildman–Crippen LogP) is 2.83. The van der Waals surface area contributed by atoms with E-state index in [-0.39, 0.29) is 0 Å². The van der Waals surface area contributed by atoms with Crippen LogP contribution in [0, 0.1) is 5.92 Å². The highest BCUT2D eigenvalue weighted by atomic mass is 32.1. The molecule has 0 aromatic heterocycles. The average molecular weight is 228 g/mol. The summed E-state index contributed by atoms with van der Waals surface area (Å²) in [7, 11) is 0. The molecule has 15 heavy (non-hydrogen) atoms. The average Bonchev–Trinajstić information content (AvgIpc) is 2.22. The largest absolute Gasteiger partial charge is 0.363 e. The number of nitrogens with one attached hydrogen (secondary N) is 2. The van der Waals surface area contributed by atoms with Crippen molar-refractivity contribution in [3.05, 3.63) is 0 Å². The highest BCUT2D eigenvalue weighted by Crippen LogP contribution is 2.23. The molecule has 1 rings (SSSR count). The fourth-order valence-electron chi connectivity index (χ4n) is 2.13. The topological polar surface area (TPSA) is 24.1 Å². The van der Waals surface area contributed by atoms with E-state index in [9.17, 15) is 0 Å². The summed E-state index contributed by atoms with van der Waals surface area (Å²) in [5.41, 5.74) is 0. The summed E-state index contributed by atoms with van der Waals surface area (Å²) < 4.78 is 0. The fraction of sp³-hybridized carbons (Fsp3) is 0.917. The van der Waals surface area contributed by atoms with E-state index < -0.39 is 0 Å². The van der Waals surface area contributed by atoms with E-state index >= 15 is 0 Å². The number of rotatable bonds is 4. The van der Waals surface area contributed by atoms with Gasteiger partial charge in [-0.05, 0) is 37.4 Å². The molecule has 2 atom stereocenters. The fourth-order valence-corrected chi connectivity index (χ4v) is 2.38. The van der Waals surface area contributed by atoms with E-state index in [0.717, 1.165) is 17.6 Å². The second-order valence-corrected chi connectivity index (χ2v) is 5.03. The molecule has 0 saturated heterocycles. The minimum atomic E-state index is 0.598. The molecule has 1 aliphatic rings. The summed E-state index contributed by atoms with van der Waals surface area (Å²) in [6.45, 7) is 5.52. The van der Waals surface area contributed by atoms with Gasteiger partial charge in [-0.15, -0.1) is 0 Å². The van der Waals surface area contributed by atoms with Crippen molar-refractivity contribution in [3.8, 4) is 0 Å². The quantitative estimate of drug-likeness (QED) is 0.571. The third kappa shape index (κ3) is 4.83. The van der Waals surface area contributed by atoms with Crippen LogP contribution in [0.25, 0.3) is 0 Å². The minimum Gasteiger partial charge on any atom is -0.363 e. The molecule has 1 aliphatic carbocycles. The standard InChI is InChI=1S/C12H24N2S/c1-3-4-9-13-12(15)14-11-8-6-5-7-10(11)2/h10-11H,3-9H2,1-2H3,(H2,13,14,15). The molecule has 0 aromatic rings. The van der Waals surface area contributed by atoms with Gasteiger partial charge < -0.3 is 10.6 Å². The van der Waals surface area contributed by atoms with Gasteiger partial charge in [0.05, 0.1) is 0 Å². The number of hydrogen-bond donors (Lipinski definition) is 2. The molecule has 0 spiro atoms. The first-order valence-corrected chi connectivity index (χ1v) is 6.69. The summed E-state index contributed by atoms with van der Waals surface area (Å²) in [5.74, 6) is 0.768. The molecule has 1 saturated carbocycles. The van der Waals surface area contributed by atoms with Gasteiger partial charge in [-0.3, -0.25) is 0 Å². The van der Waals surface area contributed by atoms with Crippen molar-refractivity contribution in [2.75, 3.05) is 6.54 Å². The number of unbranched alkanes of at least 4 members (excludes halogenated alkanes) is 1. The van der Waals surface area contributed by atoms with Gasteiger partial charge >= 0.3 is 0 Å². The van der Waals surface area contributed by atoms with E-state index in [1.807, 2.05) is 0 Å². The van der Waals surface area contributed by atoms with Gasteiger partial charge in [0.15, 0.2) is 5.11 Å². The first-order chi connectivity index (χ1) is 7.24. The zero-order valence-corrected chi connectivity index (χ0v) is 10.8. The summed E-state index contributed by atoms with van der Waals surface area (Å²) in [5, 5.41) is 7.57. The van der Waals surface area contributed by atoms with Crippen LogP contribution in [0.1, 0.15) is 52.4 Å². The van der Waals surface area contributed by atoms with Crippen molar-refractivity contribution in [2.45, 2.75) is 58.4 Å². The number of thiocarbonyl (C=S) groups is 1. The van der Waals surface area contributed by atoms with Crippen LogP contribution >= 0.6 is 12.2 Å². The second kappa shape index (κ2) is 7.04. The van der Waals surface area contributed by atoms with Crippen LogP contribution in [0.5, 0.6) is 0 Å². The van der Waals surface area contributed by atoms with Gasteiger partial charge in [-0.25, -0.2) is 0 Å². The maximum Gasteiger partial charge on any atom is 0.166 e. The monoisotopic (exact) mass is 228 g/mol. The van der Waals surface area contributed by atoms with Crippen molar-refractivity contribution >= 4 is 17.3 Å². The molecule has 0 bridgehead atoms. The molecule has 0 aromatic carbocycles. The van der Waals surface area contributed by atoms with Crippen LogP contribution in [0.4, 0.5) is 0 Å². The van der Waals surface area contributed by atoms with E-state index in [2.05, 4.69) is 24.5 Å². The van der Waals surface area contributed by atoms with Crippen LogP contribution in [-0.2, 0) is 0 Å². The van der Waals surface area contributed by atoms with Crippen LogP contribution < -0.4 is 10.6 Å². The molecule has 88 valence electrons. The Labute approximate surface area is 99.2 Å². The molecule has 3 heteroatoms. The molecular formula is C12H24N2S. The Morgan fingerprint density at radius 2 is 2.07 bits per heavy atom. The lowest BCUT2D eigenvalue weighted by atomic mass is 9.86. The highest BCUT2D eigenvalue weighted by Gasteiger charge is 2.21. The van der Waals surface area contributed by atoms with E-state index in [4.69, 9.17) is 12.2 Å². The third-order valence-electron chi connectivity index (χ3n) is 3.24. The Kier molecular flexibility index (Phi) is 5.99. The summed E-state index contributed by atoms with van der Waals surface area (Å²) in [4.78, 5) is 0. The van der Waals surface area contributed by atoms with Crippen molar-refractivity contribution in [3.63, 3.8) is 0 Å². The second-order valence-electron chi connectivity index (χ2n) is 4.62. The molecule has 2 unspecified atom stereocenters. The summed E-state index contributed by atoms with van der Waals surface area (Å²) in [6.07, 6.45) is 7.76. The Hall–Kier alpha value is -0.310. The van der Waals surface area contributed by atoms with Crippen LogP contribution in [-0.4, -0.2) is 17.7 Å². The van der Waals surface area contributed by atoms with Crippen molar-refractivity contribution in [2.24, 2.45) is 5.92 Å². The van der Waals surface area contributed by atoms with Crippen LogP contribution in [0.2, 0.25) is 0 Å². The molecule has 2 N–H and O–H groups in total. The lowest BCUT2D eigenvalue weighted by Crippen LogP contribution is -2.46. The lowest BCUT2D eigenvalue weighted by Gasteiger charge is -2.30. The highest BCUT2D eigenvalue weighted by molar-refractivity contribution is 7.80. The Bertz CT molecular complexity index is 194. The first-order valence-electron chi connectivity index (χ1n) is 6.28. The van der Waals surface area contributed by atoms with Crippen molar-refractivity contribution in [1.29, 1.82) is 0 Å². The van der Waals surface area contributed by atoms with Crippen LogP contribution in [0.3, 0.4) is 0 Å².